The van der Waals surface area contributed by atoms with Crippen molar-refractivity contribution < 1.29 is 9.53 Å². The van der Waals surface area contributed by atoms with Crippen molar-refractivity contribution in [3.63, 3.8) is 0 Å². The Hall–Kier alpha value is -2.34. The van der Waals surface area contributed by atoms with Crippen LogP contribution in [0.5, 0.6) is 5.75 Å². The zero-order valence-electron chi connectivity index (χ0n) is 13.9. The van der Waals surface area contributed by atoms with Crippen LogP contribution in [0.25, 0.3) is 0 Å². The summed E-state index contributed by atoms with van der Waals surface area (Å²) < 4.78 is 5.73. The van der Waals surface area contributed by atoms with Crippen LogP contribution in [0, 0.1) is 13.8 Å². The highest BCUT2D eigenvalue weighted by molar-refractivity contribution is 5.96. The van der Waals surface area contributed by atoms with Crippen LogP contribution in [-0.4, -0.2) is 41.0 Å². The van der Waals surface area contributed by atoms with Crippen LogP contribution in [-0.2, 0) is 6.54 Å². The lowest BCUT2D eigenvalue weighted by atomic mass is 10.1. The van der Waals surface area contributed by atoms with Gasteiger partial charge in [-0.15, -0.1) is 0 Å². The molecule has 6 heteroatoms. The minimum Gasteiger partial charge on any atom is -0.493 e. The van der Waals surface area contributed by atoms with Crippen molar-refractivity contribution in [2.45, 2.75) is 26.8 Å². The molecule has 0 fully saturated rings. The van der Waals surface area contributed by atoms with Crippen molar-refractivity contribution in [2.24, 2.45) is 5.73 Å². The third-order valence-corrected chi connectivity index (χ3v) is 3.46. The van der Waals surface area contributed by atoms with Crippen molar-refractivity contribution >= 4 is 5.91 Å². The van der Waals surface area contributed by atoms with E-state index in [1.54, 1.807) is 24.2 Å². The number of ether oxygens (including phenoxy) is 1. The second-order valence-corrected chi connectivity index (χ2v) is 5.66. The van der Waals surface area contributed by atoms with Gasteiger partial charge in [0, 0.05) is 18.9 Å². The Bertz CT molecular complexity index is 666. The lowest BCUT2D eigenvalue weighted by Crippen LogP contribution is -2.27. The van der Waals surface area contributed by atoms with E-state index in [2.05, 4.69) is 9.97 Å². The van der Waals surface area contributed by atoms with Crippen molar-refractivity contribution in [3.05, 3.63) is 47.0 Å². The maximum Gasteiger partial charge on any atom is 0.257 e. The first-order valence-corrected chi connectivity index (χ1v) is 7.70. The van der Waals surface area contributed by atoms with Crippen LogP contribution < -0.4 is 10.5 Å². The minimum absolute atomic E-state index is 0.0956. The van der Waals surface area contributed by atoms with E-state index in [9.17, 15) is 4.79 Å². The Morgan fingerprint density at radius 2 is 2.17 bits per heavy atom. The number of aryl methyl sites for hydroxylation is 2. The van der Waals surface area contributed by atoms with Crippen LogP contribution in [0.2, 0.25) is 0 Å². The quantitative estimate of drug-likeness (QED) is 0.766. The summed E-state index contributed by atoms with van der Waals surface area (Å²) in [6.45, 7) is 5.39. The van der Waals surface area contributed by atoms with Crippen LogP contribution >= 0.6 is 0 Å². The van der Waals surface area contributed by atoms with Crippen LogP contribution in [0.3, 0.4) is 0 Å². The molecule has 0 spiro atoms. The van der Waals surface area contributed by atoms with Crippen molar-refractivity contribution in [3.8, 4) is 5.75 Å². The number of nitrogens with one attached hydrogen (secondary N) is 1. The Labute approximate surface area is 136 Å². The molecule has 0 unspecified atom stereocenters. The minimum atomic E-state index is -0.0956. The molecule has 0 saturated heterocycles. The predicted octanol–water partition coefficient (Wildman–Crippen LogP) is 2.03. The molecule has 2 rings (SSSR count). The average Bonchev–Trinajstić information content (AvgIpc) is 2.92. The van der Waals surface area contributed by atoms with Crippen LogP contribution in [0.4, 0.5) is 0 Å². The summed E-state index contributed by atoms with van der Waals surface area (Å²) in [7, 11) is 1.75. The first-order valence-electron chi connectivity index (χ1n) is 7.70. The summed E-state index contributed by atoms with van der Waals surface area (Å²) in [4.78, 5) is 21.7. The average molecular weight is 316 g/mol. The van der Waals surface area contributed by atoms with Gasteiger partial charge in [0.2, 0.25) is 0 Å². The van der Waals surface area contributed by atoms with Gasteiger partial charge in [0.15, 0.2) is 0 Å². The molecule has 6 nitrogen and oxygen atoms in total. The SMILES string of the molecule is Cc1ccc(C(=O)N(C)Cc2ncc(C)[nH]2)c(OCCCN)c1. The molecule has 2 aromatic rings. The van der Waals surface area contributed by atoms with E-state index in [1.807, 2.05) is 26.0 Å². The van der Waals surface area contributed by atoms with Gasteiger partial charge in [-0.25, -0.2) is 4.98 Å². The smallest absolute Gasteiger partial charge is 0.257 e. The number of aromatic amines is 1. The number of nitrogens with two attached hydrogens (primary N) is 1. The lowest BCUT2D eigenvalue weighted by Gasteiger charge is -2.18. The number of hydrogen-bond acceptors (Lipinski definition) is 4. The third-order valence-electron chi connectivity index (χ3n) is 3.46. The molecule has 1 aromatic carbocycles. The van der Waals surface area contributed by atoms with Gasteiger partial charge in [-0.3, -0.25) is 4.79 Å². The normalized spacial score (nSPS) is 10.6. The van der Waals surface area contributed by atoms with E-state index in [4.69, 9.17) is 10.5 Å². The van der Waals surface area contributed by atoms with E-state index in [1.165, 1.54) is 0 Å². The summed E-state index contributed by atoms with van der Waals surface area (Å²) in [5.74, 6) is 1.27. The molecule has 0 aliphatic carbocycles. The number of rotatable bonds is 7. The number of carbonyl (C=O) groups is 1. The number of amides is 1. The summed E-state index contributed by atoms with van der Waals surface area (Å²) in [6, 6.07) is 5.60. The molecule has 0 aliphatic heterocycles. The zero-order valence-corrected chi connectivity index (χ0v) is 13.9. The highest BCUT2D eigenvalue weighted by Gasteiger charge is 2.18. The van der Waals surface area contributed by atoms with E-state index >= 15 is 0 Å². The van der Waals surface area contributed by atoms with E-state index in [0.29, 0.717) is 31.0 Å². The van der Waals surface area contributed by atoms with Crippen molar-refractivity contribution in [2.75, 3.05) is 20.2 Å². The molecular weight excluding hydrogens is 292 g/mol. The summed E-state index contributed by atoms with van der Waals surface area (Å²) in [6.07, 6.45) is 2.50. The fourth-order valence-electron chi connectivity index (χ4n) is 2.24. The number of H-pyrrole nitrogens is 1. The molecule has 0 atom stereocenters. The Morgan fingerprint density at radius 1 is 1.39 bits per heavy atom. The topological polar surface area (TPSA) is 84.2 Å². The molecule has 23 heavy (non-hydrogen) atoms. The maximum absolute atomic E-state index is 12.7. The molecule has 1 amide bonds. The van der Waals surface area contributed by atoms with Gasteiger partial charge in [0.05, 0.1) is 18.7 Å². The number of imidazole rings is 1. The number of benzene rings is 1. The zero-order chi connectivity index (χ0) is 16.8. The maximum atomic E-state index is 12.7. The Kier molecular flexibility index (Phi) is 5.76. The van der Waals surface area contributed by atoms with Gasteiger partial charge >= 0.3 is 0 Å². The van der Waals surface area contributed by atoms with Gasteiger partial charge in [0.1, 0.15) is 11.6 Å². The molecule has 1 heterocycles. The lowest BCUT2D eigenvalue weighted by molar-refractivity contribution is 0.0777. The highest BCUT2D eigenvalue weighted by Crippen LogP contribution is 2.22. The second kappa shape index (κ2) is 7.78. The molecule has 3 N–H and O–H groups in total. The number of carbonyl (C=O) groups excluding carboxylic acids is 1. The van der Waals surface area contributed by atoms with Gasteiger partial charge < -0.3 is 20.4 Å². The second-order valence-electron chi connectivity index (χ2n) is 5.66. The number of aromatic nitrogens is 2. The van der Waals surface area contributed by atoms with Gasteiger partial charge in [-0.05, 0) is 44.5 Å². The number of nitrogens with zero attached hydrogens (tertiary/aromatic N) is 2. The first kappa shape index (κ1) is 17.0. The Balaban J connectivity index is 2.13. The van der Waals surface area contributed by atoms with E-state index in [-0.39, 0.29) is 5.91 Å². The first-order chi connectivity index (χ1) is 11.0. The fourth-order valence-corrected chi connectivity index (χ4v) is 2.24. The molecule has 0 aliphatic rings. The van der Waals surface area contributed by atoms with E-state index in [0.717, 1.165) is 23.5 Å². The molecule has 1 aromatic heterocycles. The van der Waals surface area contributed by atoms with Crippen LogP contribution in [0.1, 0.15) is 33.9 Å². The summed E-state index contributed by atoms with van der Waals surface area (Å²) in [5, 5.41) is 0. The third kappa shape index (κ3) is 4.56. The molecule has 124 valence electrons. The summed E-state index contributed by atoms with van der Waals surface area (Å²) in [5.41, 5.74) is 8.07. The van der Waals surface area contributed by atoms with Crippen molar-refractivity contribution in [1.29, 1.82) is 0 Å². The fraction of sp³-hybridized carbons (Fsp3) is 0.412. The predicted molar refractivity (Wildman–Crippen MR) is 89.5 cm³/mol. The summed E-state index contributed by atoms with van der Waals surface area (Å²) >= 11 is 0. The molecule has 0 radical (unpaired) electrons. The monoisotopic (exact) mass is 316 g/mol. The molecular formula is C17H24N4O2. The highest BCUT2D eigenvalue weighted by atomic mass is 16.5. The number of hydrogen-bond donors (Lipinski definition) is 2. The molecule has 0 saturated carbocycles. The molecule has 0 bridgehead atoms. The van der Waals surface area contributed by atoms with Crippen molar-refractivity contribution in [1.82, 2.24) is 14.9 Å². The largest absolute Gasteiger partial charge is 0.493 e. The van der Waals surface area contributed by atoms with E-state index < -0.39 is 0 Å². The Morgan fingerprint density at radius 3 is 2.83 bits per heavy atom. The van der Waals surface area contributed by atoms with Crippen LogP contribution in [0.15, 0.2) is 24.4 Å². The van der Waals surface area contributed by atoms with Gasteiger partial charge in [-0.2, -0.15) is 0 Å². The van der Waals surface area contributed by atoms with Gasteiger partial charge in [-0.1, -0.05) is 6.07 Å². The van der Waals surface area contributed by atoms with Gasteiger partial charge in [0.25, 0.3) is 5.91 Å². The standard InChI is InChI=1S/C17H24N4O2/c1-12-5-6-14(15(9-12)23-8-4-7-18)17(22)21(3)11-16-19-10-13(2)20-16/h5-6,9-10H,4,7-8,11,18H2,1-3H3,(H,19,20).